The highest BCUT2D eigenvalue weighted by Crippen LogP contribution is 2.18. The summed E-state index contributed by atoms with van der Waals surface area (Å²) < 4.78 is 13.6. The largest absolute Gasteiger partial charge is 0.362 e. The van der Waals surface area contributed by atoms with Gasteiger partial charge in [0.25, 0.3) is 0 Å². The summed E-state index contributed by atoms with van der Waals surface area (Å²) in [4.78, 5) is 4.04. The number of hydrogen-bond acceptors (Lipinski definition) is 2. The van der Waals surface area contributed by atoms with E-state index in [0.29, 0.717) is 11.8 Å². The number of hydrogen-bond donors (Lipinski definition) is 0. The summed E-state index contributed by atoms with van der Waals surface area (Å²) in [7, 11) is 2.02. The van der Waals surface area contributed by atoms with Crippen LogP contribution in [0.2, 0.25) is 0 Å². The zero-order valence-corrected chi connectivity index (χ0v) is 15.2. The molecule has 0 N–H and O–H groups in total. The molecule has 0 aromatic rings. The molecule has 0 aliphatic carbocycles. The Bertz CT molecular complexity index is 356. The molecule has 0 aliphatic heterocycles. The van der Waals surface area contributed by atoms with Gasteiger partial charge in [-0.1, -0.05) is 53.7 Å². The molecule has 0 unspecified atom stereocenters. The predicted molar refractivity (Wildman–Crippen MR) is 96.0 cm³/mol. The minimum Gasteiger partial charge on any atom is -0.362 e. The fourth-order valence-corrected chi connectivity index (χ4v) is 2.29. The van der Waals surface area contributed by atoms with Crippen LogP contribution in [-0.4, -0.2) is 29.9 Å². The van der Waals surface area contributed by atoms with E-state index in [1.54, 1.807) is 0 Å². The molecule has 0 fully saturated rings. The van der Waals surface area contributed by atoms with Gasteiger partial charge in [-0.05, 0) is 30.8 Å². The second kappa shape index (κ2) is 11.3. The molecule has 0 radical (unpaired) electrons. The maximum atomic E-state index is 13.6. The zero-order valence-electron chi connectivity index (χ0n) is 15.2. The minimum absolute atomic E-state index is 0.317. The summed E-state index contributed by atoms with van der Waals surface area (Å²) in [6.07, 6.45) is 7.23. The number of halogens is 1. The lowest BCUT2D eigenvalue weighted by Gasteiger charge is -2.32. The average Bonchev–Trinajstić information content (AvgIpc) is 2.51. The maximum Gasteiger partial charge on any atom is 0.138 e. The molecule has 0 heterocycles. The first kappa shape index (κ1) is 20.8. The van der Waals surface area contributed by atoms with E-state index in [2.05, 4.69) is 45.8 Å². The second-order valence-corrected chi connectivity index (χ2v) is 6.40. The number of rotatable bonds is 12. The number of nitrogens with zero attached hydrogens (tertiary/aromatic N) is 2. The van der Waals surface area contributed by atoms with Gasteiger partial charge in [-0.25, -0.2) is 4.39 Å². The van der Waals surface area contributed by atoms with Crippen LogP contribution in [0.5, 0.6) is 0 Å². The van der Waals surface area contributed by atoms with E-state index < -0.39 is 0 Å². The van der Waals surface area contributed by atoms with Crippen LogP contribution in [0.4, 0.5) is 4.39 Å². The van der Waals surface area contributed by atoms with Crippen molar-refractivity contribution in [3.05, 3.63) is 37.1 Å². The normalized spacial score (nSPS) is 11.9. The smallest absolute Gasteiger partial charge is 0.138 e. The van der Waals surface area contributed by atoms with Crippen molar-refractivity contribution in [3.8, 4) is 0 Å². The van der Waals surface area contributed by atoms with Gasteiger partial charge in [0.2, 0.25) is 0 Å². The zero-order chi connectivity index (χ0) is 17.1. The van der Waals surface area contributed by atoms with Gasteiger partial charge < -0.3 is 9.80 Å². The molecule has 0 saturated heterocycles. The molecular weight excluding hydrogens is 275 g/mol. The lowest BCUT2D eigenvalue weighted by Crippen LogP contribution is -2.31. The molecular formula is C19H35FN2. The molecule has 128 valence electrons. The standard InChI is InChI=1S/C19H35FN2/c1-8-18(9-2)12-14-22(15-19(20)10-3)17(6)21(7)13-11-16(4)5/h10,15-16,18H,3,6,8-9,11-14H2,1-2,4-5,7H3/b19-15+. The Kier molecular flexibility index (Phi) is 10.7. The van der Waals surface area contributed by atoms with Crippen LogP contribution in [0.15, 0.2) is 37.1 Å². The molecule has 2 nitrogen and oxygen atoms in total. The molecule has 0 aromatic heterocycles. The lowest BCUT2D eigenvalue weighted by molar-refractivity contribution is 0.260. The third kappa shape index (κ3) is 8.26. The molecule has 0 bridgehead atoms. The first-order valence-corrected chi connectivity index (χ1v) is 8.52. The van der Waals surface area contributed by atoms with Gasteiger partial charge in [-0.15, -0.1) is 0 Å². The molecule has 3 heteroatoms. The molecule has 0 aromatic carbocycles. The first-order valence-electron chi connectivity index (χ1n) is 8.52. The maximum absolute atomic E-state index is 13.6. The van der Waals surface area contributed by atoms with E-state index in [1.807, 2.05) is 11.9 Å². The highest BCUT2D eigenvalue weighted by Gasteiger charge is 2.13. The Labute approximate surface area is 137 Å². The Hall–Kier alpha value is -1.25. The van der Waals surface area contributed by atoms with Crippen LogP contribution in [0.3, 0.4) is 0 Å². The van der Waals surface area contributed by atoms with Gasteiger partial charge in [0, 0.05) is 26.3 Å². The van der Waals surface area contributed by atoms with Crippen LogP contribution in [-0.2, 0) is 0 Å². The lowest BCUT2D eigenvalue weighted by atomic mass is 9.99. The molecule has 0 rings (SSSR count). The summed E-state index contributed by atoms with van der Waals surface area (Å²) in [5, 5.41) is 0. The van der Waals surface area contributed by atoms with Crippen molar-refractivity contribution < 1.29 is 4.39 Å². The van der Waals surface area contributed by atoms with Crippen molar-refractivity contribution in [3.63, 3.8) is 0 Å². The van der Waals surface area contributed by atoms with Gasteiger partial charge in [0.1, 0.15) is 11.6 Å². The Morgan fingerprint density at radius 3 is 2.18 bits per heavy atom. The van der Waals surface area contributed by atoms with E-state index in [1.165, 1.54) is 12.3 Å². The quantitative estimate of drug-likeness (QED) is 0.435. The van der Waals surface area contributed by atoms with E-state index in [0.717, 1.165) is 44.6 Å². The minimum atomic E-state index is -0.317. The van der Waals surface area contributed by atoms with Crippen molar-refractivity contribution in [2.24, 2.45) is 11.8 Å². The molecule has 0 spiro atoms. The molecule has 22 heavy (non-hydrogen) atoms. The average molecular weight is 311 g/mol. The van der Waals surface area contributed by atoms with Crippen molar-refractivity contribution in [2.75, 3.05) is 20.1 Å². The van der Waals surface area contributed by atoms with Crippen LogP contribution in [0, 0.1) is 11.8 Å². The third-order valence-corrected chi connectivity index (χ3v) is 4.22. The van der Waals surface area contributed by atoms with Crippen molar-refractivity contribution in [1.29, 1.82) is 0 Å². The molecule has 0 aliphatic rings. The monoisotopic (exact) mass is 310 g/mol. The molecule has 0 atom stereocenters. The third-order valence-electron chi connectivity index (χ3n) is 4.22. The van der Waals surface area contributed by atoms with Gasteiger partial charge >= 0.3 is 0 Å². The summed E-state index contributed by atoms with van der Waals surface area (Å²) in [6, 6.07) is 0. The summed E-state index contributed by atoms with van der Waals surface area (Å²) >= 11 is 0. The SMILES string of the molecule is C=C/C(F)=C\N(CCC(CC)CC)C(=C)N(C)CCC(C)C. The van der Waals surface area contributed by atoms with Gasteiger partial charge in [-0.3, -0.25) is 0 Å². The molecule has 0 saturated carbocycles. The number of allylic oxidation sites excluding steroid dienone is 2. The first-order chi connectivity index (χ1) is 10.3. The summed E-state index contributed by atoms with van der Waals surface area (Å²) in [6.45, 7) is 18.2. The van der Waals surface area contributed by atoms with E-state index in [-0.39, 0.29) is 5.83 Å². The van der Waals surface area contributed by atoms with E-state index in [4.69, 9.17) is 0 Å². The predicted octanol–water partition coefficient (Wildman–Crippen LogP) is 5.56. The topological polar surface area (TPSA) is 6.48 Å². The van der Waals surface area contributed by atoms with Gasteiger partial charge in [0.15, 0.2) is 0 Å². The Balaban J connectivity index is 4.83. The van der Waals surface area contributed by atoms with Crippen LogP contribution in [0.25, 0.3) is 0 Å². The van der Waals surface area contributed by atoms with Crippen LogP contribution in [0.1, 0.15) is 53.4 Å². The van der Waals surface area contributed by atoms with Crippen LogP contribution >= 0.6 is 0 Å². The van der Waals surface area contributed by atoms with E-state index >= 15 is 0 Å². The fourth-order valence-electron chi connectivity index (χ4n) is 2.29. The summed E-state index contributed by atoms with van der Waals surface area (Å²) in [5.41, 5.74) is 0. The summed E-state index contributed by atoms with van der Waals surface area (Å²) in [5.74, 6) is 1.86. The Morgan fingerprint density at radius 2 is 1.73 bits per heavy atom. The highest BCUT2D eigenvalue weighted by atomic mass is 19.1. The van der Waals surface area contributed by atoms with Crippen LogP contribution < -0.4 is 0 Å². The van der Waals surface area contributed by atoms with Gasteiger partial charge in [-0.2, -0.15) is 0 Å². The van der Waals surface area contributed by atoms with Crippen molar-refractivity contribution in [1.82, 2.24) is 9.80 Å². The second-order valence-electron chi connectivity index (χ2n) is 6.40. The Morgan fingerprint density at radius 1 is 1.14 bits per heavy atom. The molecule has 0 amide bonds. The van der Waals surface area contributed by atoms with Gasteiger partial charge in [0.05, 0.1) is 0 Å². The fraction of sp³-hybridized carbons (Fsp3) is 0.684. The highest BCUT2D eigenvalue weighted by molar-refractivity contribution is 5.10. The van der Waals surface area contributed by atoms with Crippen molar-refractivity contribution in [2.45, 2.75) is 53.4 Å². The van der Waals surface area contributed by atoms with E-state index in [9.17, 15) is 4.39 Å². The van der Waals surface area contributed by atoms with Crippen molar-refractivity contribution >= 4 is 0 Å².